The van der Waals surface area contributed by atoms with E-state index in [9.17, 15) is 8.42 Å². The van der Waals surface area contributed by atoms with Gasteiger partial charge in [-0.05, 0) is 32.6 Å². The summed E-state index contributed by atoms with van der Waals surface area (Å²) in [5, 5.41) is 6.59. The zero-order valence-corrected chi connectivity index (χ0v) is 10.4. The molecule has 0 radical (unpaired) electrons. The maximum atomic E-state index is 12.0. The van der Waals surface area contributed by atoms with Crippen LogP contribution in [0.15, 0.2) is 4.90 Å². The average molecular weight is 243 g/mol. The van der Waals surface area contributed by atoms with Crippen molar-refractivity contribution in [2.45, 2.75) is 38.0 Å². The fraction of sp³-hybridized carbons (Fsp3) is 0.700. The van der Waals surface area contributed by atoms with Gasteiger partial charge in [-0.15, -0.1) is 0 Å². The molecule has 1 saturated carbocycles. The fourth-order valence-corrected chi connectivity index (χ4v) is 3.42. The molecule has 6 heteroatoms. The third-order valence-corrected chi connectivity index (χ3v) is 4.80. The molecule has 0 amide bonds. The predicted octanol–water partition coefficient (Wildman–Crippen LogP) is 1.10. The van der Waals surface area contributed by atoms with Gasteiger partial charge in [0.2, 0.25) is 10.0 Å². The Morgan fingerprint density at radius 2 is 2.12 bits per heavy atom. The van der Waals surface area contributed by atoms with Crippen LogP contribution in [0.5, 0.6) is 0 Å². The van der Waals surface area contributed by atoms with Crippen LogP contribution in [0.1, 0.15) is 30.7 Å². The summed E-state index contributed by atoms with van der Waals surface area (Å²) < 4.78 is 26.7. The van der Waals surface area contributed by atoms with Crippen molar-refractivity contribution in [1.29, 1.82) is 0 Å². The number of aromatic amines is 1. The summed E-state index contributed by atoms with van der Waals surface area (Å²) in [6.45, 7) is 3.96. The van der Waals surface area contributed by atoms with E-state index in [1.165, 1.54) is 6.42 Å². The maximum Gasteiger partial charge on any atom is 0.244 e. The number of hydrogen-bond acceptors (Lipinski definition) is 3. The molecule has 1 aromatic heterocycles. The van der Waals surface area contributed by atoms with Crippen LogP contribution >= 0.6 is 0 Å². The first-order valence-electron chi connectivity index (χ1n) is 5.52. The highest BCUT2D eigenvalue weighted by Gasteiger charge is 2.25. The molecule has 0 bridgehead atoms. The second-order valence-corrected chi connectivity index (χ2v) is 6.12. The van der Waals surface area contributed by atoms with Crippen LogP contribution in [-0.2, 0) is 10.0 Å². The predicted molar refractivity (Wildman–Crippen MR) is 60.6 cm³/mol. The van der Waals surface area contributed by atoms with Gasteiger partial charge in [-0.3, -0.25) is 5.10 Å². The standard InChI is InChI=1S/C10H17N3O2S/c1-7-10(8(2)13-12-7)16(14,15)11-6-9-4-3-5-9/h9,11H,3-6H2,1-2H3,(H,12,13). The van der Waals surface area contributed by atoms with Crippen molar-refractivity contribution < 1.29 is 8.42 Å². The highest BCUT2D eigenvalue weighted by atomic mass is 32.2. The van der Waals surface area contributed by atoms with E-state index in [0.717, 1.165) is 12.8 Å². The first kappa shape index (κ1) is 11.6. The molecule has 1 aromatic rings. The number of rotatable bonds is 4. The van der Waals surface area contributed by atoms with E-state index < -0.39 is 10.0 Å². The molecule has 0 atom stereocenters. The maximum absolute atomic E-state index is 12.0. The quantitative estimate of drug-likeness (QED) is 0.831. The summed E-state index contributed by atoms with van der Waals surface area (Å²) >= 11 is 0. The molecule has 5 nitrogen and oxygen atoms in total. The van der Waals surface area contributed by atoms with Crippen molar-refractivity contribution in [2.24, 2.45) is 5.92 Å². The molecule has 1 heterocycles. The van der Waals surface area contributed by atoms with Crippen LogP contribution < -0.4 is 4.72 Å². The summed E-state index contributed by atoms with van der Waals surface area (Å²) in [4.78, 5) is 0.298. The van der Waals surface area contributed by atoms with Crippen molar-refractivity contribution in [1.82, 2.24) is 14.9 Å². The SMILES string of the molecule is Cc1n[nH]c(C)c1S(=O)(=O)NCC1CCC1. The Morgan fingerprint density at radius 3 is 2.56 bits per heavy atom. The molecule has 2 rings (SSSR count). The lowest BCUT2D eigenvalue weighted by atomic mass is 9.86. The summed E-state index contributed by atoms with van der Waals surface area (Å²) in [5.41, 5.74) is 1.12. The molecular formula is C10H17N3O2S. The normalized spacial score (nSPS) is 17.4. The fourth-order valence-electron chi connectivity index (χ4n) is 1.93. The van der Waals surface area contributed by atoms with E-state index >= 15 is 0 Å². The second kappa shape index (κ2) is 4.18. The van der Waals surface area contributed by atoms with Crippen LogP contribution in [0.25, 0.3) is 0 Å². The average Bonchev–Trinajstić information content (AvgIpc) is 2.43. The molecule has 1 aliphatic rings. The molecule has 0 aliphatic heterocycles. The van der Waals surface area contributed by atoms with Crippen molar-refractivity contribution in [3.63, 3.8) is 0 Å². The zero-order valence-electron chi connectivity index (χ0n) is 9.58. The summed E-state index contributed by atoms with van der Waals surface area (Å²) in [6.07, 6.45) is 3.48. The third kappa shape index (κ3) is 2.12. The molecule has 2 N–H and O–H groups in total. The third-order valence-electron chi connectivity index (χ3n) is 3.12. The molecular weight excluding hydrogens is 226 g/mol. The van der Waals surface area contributed by atoms with E-state index in [-0.39, 0.29) is 0 Å². The highest BCUT2D eigenvalue weighted by Crippen LogP contribution is 2.26. The second-order valence-electron chi connectivity index (χ2n) is 4.41. The minimum Gasteiger partial charge on any atom is -0.281 e. The topological polar surface area (TPSA) is 74.8 Å². The lowest BCUT2D eigenvalue weighted by Gasteiger charge is -2.25. The van der Waals surface area contributed by atoms with Gasteiger partial charge in [0.25, 0.3) is 0 Å². The van der Waals surface area contributed by atoms with E-state index in [4.69, 9.17) is 0 Å². The van der Waals surface area contributed by atoms with Crippen LogP contribution in [-0.4, -0.2) is 25.2 Å². The summed E-state index contributed by atoms with van der Waals surface area (Å²) in [6, 6.07) is 0. The lowest BCUT2D eigenvalue weighted by molar-refractivity contribution is 0.316. The number of sulfonamides is 1. The van der Waals surface area contributed by atoms with E-state index in [0.29, 0.717) is 28.7 Å². The molecule has 0 unspecified atom stereocenters. The Labute approximate surface area is 95.7 Å². The van der Waals surface area contributed by atoms with Gasteiger partial charge in [-0.2, -0.15) is 5.10 Å². The largest absolute Gasteiger partial charge is 0.281 e. The Balaban J connectivity index is 2.12. The zero-order chi connectivity index (χ0) is 11.8. The van der Waals surface area contributed by atoms with Crippen LogP contribution in [0.2, 0.25) is 0 Å². The number of aromatic nitrogens is 2. The van der Waals surface area contributed by atoms with Crippen molar-refractivity contribution in [3.05, 3.63) is 11.4 Å². The minimum atomic E-state index is -3.39. The Hall–Kier alpha value is -0.880. The minimum absolute atomic E-state index is 0.298. The van der Waals surface area contributed by atoms with Crippen molar-refractivity contribution in [3.8, 4) is 0 Å². The van der Waals surface area contributed by atoms with Crippen LogP contribution in [0.3, 0.4) is 0 Å². The van der Waals surface area contributed by atoms with Crippen molar-refractivity contribution in [2.75, 3.05) is 6.54 Å². The van der Waals surface area contributed by atoms with Crippen molar-refractivity contribution >= 4 is 10.0 Å². The molecule has 16 heavy (non-hydrogen) atoms. The van der Waals surface area contributed by atoms with E-state index in [1.54, 1.807) is 13.8 Å². The summed E-state index contributed by atoms with van der Waals surface area (Å²) in [7, 11) is -3.39. The Bertz CT molecular complexity index is 455. The Kier molecular flexibility index (Phi) is 3.03. The van der Waals surface area contributed by atoms with Gasteiger partial charge >= 0.3 is 0 Å². The molecule has 1 aliphatic carbocycles. The van der Waals surface area contributed by atoms with Gasteiger partial charge in [-0.1, -0.05) is 6.42 Å². The number of nitrogens with one attached hydrogen (secondary N) is 2. The van der Waals surface area contributed by atoms with Gasteiger partial charge in [0.1, 0.15) is 4.90 Å². The number of H-pyrrole nitrogens is 1. The van der Waals surface area contributed by atoms with Gasteiger partial charge < -0.3 is 0 Å². The summed E-state index contributed by atoms with van der Waals surface area (Å²) in [5.74, 6) is 0.516. The number of nitrogens with zero attached hydrogens (tertiary/aromatic N) is 1. The van der Waals surface area contributed by atoms with Crippen LogP contribution in [0, 0.1) is 19.8 Å². The molecule has 0 aromatic carbocycles. The lowest BCUT2D eigenvalue weighted by Crippen LogP contribution is -2.32. The van der Waals surface area contributed by atoms with Gasteiger partial charge in [0.05, 0.1) is 11.4 Å². The van der Waals surface area contributed by atoms with Gasteiger partial charge in [-0.25, -0.2) is 13.1 Å². The first-order valence-corrected chi connectivity index (χ1v) is 7.00. The highest BCUT2D eigenvalue weighted by molar-refractivity contribution is 7.89. The number of hydrogen-bond donors (Lipinski definition) is 2. The van der Waals surface area contributed by atoms with E-state index in [1.807, 2.05) is 0 Å². The van der Waals surface area contributed by atoms with E-state index in [2.05, 4.69) is 14.9 Å². The van der Waals surface area contributed by atoms with Gasteiger partial charge in [0.15, 0.2) is 0 Å². The van der Waals surface area contributed by atoms with Crippen LogP contribution in [0.4, 0.5) is 0 Å². The monoisotopic (exact) mass is 243 g/mol. The first-order chi connectivity index (χ1) is 7.50. The number of aryl methyl sites for hydroxylation is 2. The molecule has 0 spiro atoms. The Morgan fingerprint density at radius 1 is 1.44 bits per heavy atom. The molecule has 1 fully saturated rings. The molecule has 0 saturated heterocycles. The van der Waals surface area contributed by atoms with Gasteiger partial charge in [0, 0.05) is 6.54 Å². The smallest absolute Gasteiger partial charge is 0.244 e. The molecule has 90 valence electrons.